The Bertz CT molecular complexity index is 680. The zero-order valence-corrected chi connectivity index (χ0v) is 15.6. The van der Waals surface area contributed by atoms with E-state index in [-0.39, 0.29) is 31.1 Å². The molecule has 23 heavy (non-hydrogen) atoms. The number of carbonyl (C=O) groups excluding carboxylic acids is 3. The van der Waals surface area contributed by atoms with Crippen molar-refractivity contribution in [3.63, 3.8) is 0 Å². The summed E-state index contributed by atoms with van der Waals surface area (Å²) in [6, 6.07) is 3.55. The maximum atomic E-state index is 12.2. The summed E-state index contributed by atoms with van der Waals surface area (Å²) in [5.41, 5.74) is 1.62. The van der Waals surface area contributed by atoms with Gasteiger partial charge in [-0.3, -0.25) is 14.5 Å². The zero-order valence-electron chi connectivity index (χ0n) is 12.4. The number of imide groups is 1. The summed E-state index contributed by atoms with van der Waals surface area (Å²) in [4.78, 5) is 38.9. The highest BCUT2D eigenvalue weighted by molar-refractivity contribution is 9.11. The lowest BCUT2D eigenvalue weighted by molar-refractivity contribution is -0.129. The van der Waals surface area contributed by atoms with Crippen LogP contribution in [0.3, 0.4) is 0 Å². The van der Waals surface area contributed by atoms with Gasteiger partial charge < -0.3 is 10.2 Å². The van der Waals surface area contributed by atoms with E-state index in [9.17, 15) is 14.4 Å². The van der Waals surface area contributed by atoms with Crippen molar-refractivity contribution in [3.8, 4) is 0 Å². The monoisotopic (exact) mass is 443 g/mol. The first-order valence-electron chi connectivity index (χ1n) is 7.23. The molecule has 1 heterocycles. The van der Waals surface area contributed by atoms with Crippen molar-refractivity contribution in [2.75, 3.05) is 18.4 Å². The predicted molar refractivity (Wildman–Crippen MR) is 92.0 cm³/mol. The average Bonchev–Trinajstić information content (AvgIpc) is 3.25. The van der Waals surface area contributed by atoms with E-state index in [1.807, 2.05) is 19.1 Å². The Hall–Kier alpha value is -1.41. The van der Waals surface area contributed by atoms with Crippen LogP contribution in [0.2, 0.25) is 0 Å². The van der Waals surface area contributed by atoms with Gasteiger partial charge in [-0.15, -0.1) is 0 Å². The number of nitrogens with zero attached hydrogens (tertiary/aromatic N) is 2. The highest BCUT2D eigenvalue weighted by atomic mass is 79.9. The van der Waals surface area contributed by atoms with Crippen molar-refractivity contribution in [1.29, 1.82) is 0 Å². The van der Waals surface area contributed by atoms with E-state index >= 15 is 0 Å². The van der Waals surface area contributed by atoms with Crippen LogP contribution < -0.4 is 5.32 Å². The van der Waals surface area contributed by atoms with Crippen molar-refractivity contribution < 1.29 is 14.4 Å². The Morgan fingerprint density at radius 1 is 1.26 bits per heavy atom. The molecule has 0 aromatic heterocycles. The van der Waals surface area contributed by atoms with E-state index in [2.05, 4.69) is 37.2 Å². The summed E-state index contributed by atoms with van der Waals surface area (Å²) in [6.45, 7) is 1.75. The van der Waals surface area contributed by atoms with Gasteiger partial charge in [0.1, 0.15) is 13.1 Å². The molecule has 0 spiro atoms. The number of hydrogen-bond acceptors (Lipinski definition) is 3. The number of urea groups is 1. The Morgan fingerprint density at radius 3 is 2.43 bits per heavy atom. The normalized spacial score (nSPS) is 17.9. The first kappa shape index (κ1) is 16.4. The van der Waals surface area contributed by atoms with Crippen LogP contribution >= 0.6 is 31.9 Å². The molecule has 122 valence electrons. The molecule has 8 heteroatoms. The molecule has 2 aliphatic rings. The number of anilines is 1. The number of rotatable bonds is 4. The summed E-state index contributed by atoms with van der Waals surface area (Å²) in [5, 5.41) is 2.74. The topological polar surface area (TPSA) is 69.7 Å². The molecule has 1 aromatic carbocycles. The average molecular weight is 445 g/mol. The van der Waals surface area contributed by atoms with E-state index < -0.39 is 5.91 Å². The number of amides is 4. The number of hydrogen-bond donors (Lipinski definition) is 1. The fourth-order valence-electron chi connectivity index (χ4n) is 2.53. The van der Waals surface area contributed by atoms with E-state index in [0.29, 0.717) is 5.69 Å². The molecule has 1 N–H and O–H groups in total. The van der Waals surface area contributed by atoms with E-state index in [0.717, 1.165) is 32.3 Å². The fourth-order valence-corrected chi connectivity index (χ4v) is 4.14. The maximum Gasteiger partial charge on any atom is 0.327 e. The number of halogens is 2. The van der Waals surface area contributed by atoms with Gasteiger partial charge in [-0.2, -0.15) is 0 Å². The largest absolute Gasteiger partial charge is 0.327 e. The summed E-state index contributed by atoms with van der Waals surface area (Å²) in [7, 11) is 0. The first-order chi connectivity index (χ1) is 10.9. The molecule has 1 aliphatic carbocycles. The third kappa shape index (κ3) is 3.42. The molecule has 0 bridgehead atoms. The van der Waals surface area contributed by atoms with Crippen LogP contribution in [0.1, 0.15) is 18.4 Å². The van der Waals surface area contributed by atoms with Crippen LogP contribution in [0.5, 0.6) is 0 Å². The molecule has 6 nitrogen and oxygen atoms in total. The van der Waals surface area contributed by atoms with Gasteiger partial charge in [0.15, 0.2) is 0 Å². The fraction of sp³-hybridized carbons (Fsp3) is 0.400. The summed E-state index contributed by atoms with van der Waals surface area (Å²) >= 11 is 6.80. The van der Waals surface area contributed by atoms with E-state index in [1.54, 1.807) is 4.90 Å². The van der Waals surface area contributed by atoms with Crippen LogP contribution in [0.4, 0.5) is 10.5 Å². The van der Waals surface area contributed by atoms with Gasteiger partial charge in [0, 0.05) is 15.0 Å². The van der Waals surface area contributed by atoms with Gasteiger partial charge in [0.2, 0.25) is 5.91 Å². The minimum atomic E-state index is -0.408. The molecule has 0 unspecified atom stereocenters. The van der Waals surface area contributed by atoms with Crippen LogP contribution in [-0.2, 0) is 9.59 Å². The number of nitrogens with one attached hydrogen (secondary N) is 1. The van der Waals surface area contributed by atoms with Crippen LogP contribution in [0.15, 0.2) is 21.1 Å². The van der Waals surface area contributed by atoms with Gasteiger partial charge in [-0.25, -0.2) is 4.79 Å². The zero-order chi connectivity index (χ0) is 16.7. The summed E-state index contributed by atoms with van der Waals surface area (Å²) in [6.07, 6.45) is 1.87. The quantitative estimate of drug-likeness (QED) is 0.726. The Kier molecular flexibility index (Phi) is 4.46. The molecule has 1 saturated heterocycles. The standard InChI is InChI=1S/C15H15Br2N3O3/c1-8-4-10(16)14(11(17)5-8)18-12(21)6-20-13(22)7-19(15(20)23)9-2-3-9/h4-5,9H,2-3,6-7H2,1H3,(H,18,21). The number of aryl methyl sites for hydroxylation is 1. The molecule has 1 aliphatic heterocycles. The van der Waals surface area contributed by atoms with E-state index in [4.69, 9.17) is 0 Å². The van der Waals surface area contributed by atoms with E-state index in [1.165, 1.54) is 0 Å². The van der Waals surface area contributed by atoms with Crippen molar-refractivity contribution in [1.82, 2.24) is 9.80 Å². The van der Waals surface area contributed by atoms with Crippen molar-refractivity contribution >= 4 is 55.4 Å². The smallest absolute Gasteiger partial charge is 0.323 e. The van der Waals surface area contributed by atoms with Gasteiger partial charge in [-0.1, -0.05) is 0 Å². The van der Waals surface area contributed by atoms with Crippen LogP contribution in [0.25, 0.3) is 0 Å². The molecule has 1 saturated carbocycles. The highest BCUT2D eigenvalue weighted by Gasteiger charge is 2.44. The lowest BCUT2D eigenvalue weighted by Gasteiger charge is -2.17. The molecule has 1 aromatic rings. The lowest BCUT2D eigenvalue weighted by Crippen LogP contribution is -2.39. The van der Waals surface area contributed by atoms with Gasteiger partial charge in [0.05, 0.1) is 5.69 Å². The second-order valence-corrected chi connectivity index (χ2v) is 7.48. The third-order valence-corrected chi connectivity index (χ3v) is 5.07. The molecule has 2 fully saturated rings. The Morgan fingerprint density at radius 2 is 1.87 bits per heavy atom. The van der Waals surface area contributed by atoms with Gasteiger partial charge in [-0.05, 0) is 69.3 Å². The van der Waals surface area contributed by atoms with Gasteiger partial charge >= 0.3 is 6.03 Å². The second kappa shape index (κ2) is 6.24. The number of benzene rings is 1. The molecular weight excluding hydrogens is 430 g/mol. The second-order valence-electron chi connectivity index (χ2n) is 5.77. The lowest BCUT2D eigenvalue weighted by atomic mass is 10.2. The SMILES string of the molecule is Cc1cc(Br)c(NC(=O)CN2C(=O)CN(C3CC3)C2=O)c(Br)c1. The Balaban J connectivity index is 1.68. The maximum absolute atomic E-state index is 12.2. The molecule has 0 radical (unpaired) electrons. The molecular formula is C15H15Br2N3O3. The molecule has 4 amide bonds. The summed E-state index contributed by atoms with van der Waals surface area (Å²) < 4.78 is 1.47. The minimum absolute atomic E-state index is 0.0781. The van der Waals surface area contributed by atoms with Crippen molar-refractivity contribution in [3.05, 3.63) is 26.6 Å². The van der Waals surface area contributed by atoms with Crippen molar-refractivity contribution in [2.45, 2.75) is 25.8 Å². The summed E-state index contributed by atoms with van der Waals surface area (Å²) in [5.74, 6) is -0.728. The van der Waals surface area contributed by atoms with Crippen molar-refractivity contribution in [2.24, 2.45) is 0 Å². The molecule has 0 atom stereocenters. The minimum Gasteiger partial charge on any atom is -0.323 e. The van der Waals surface area contributed by atoms with Crippen LogP contribution in [-0.4, -0.2) is 46.8 Å². The number of carbonyl (C=O) groups is 3. The van der Waals surface area contributed by atoms with Gasteiger partial charge in [0.25, 0.3) is 5.91 Å². The predicted octanol–water partition coefficient (Wildman–Crippen LogP) is 2.89. The van der Waals surface area contributed by atoms with Crippen LogP contribution in [0, 0.1) is 6.92 Å². The highest BCUT2D eigenvalue weighted by Crippen LogP contribution is 2.33. The Labute approximate surface area is 150 Å². The third-order valence-electron chi connectivity index (χ3n) is 3.82. The first-order valence-corrected chi connectivity index (χ1v) is 8.82. The molecule has 3 rings (SSSR count).